The Morgan fingerprint density at radius 3 is 2.57 bits per heavy atom. The van der Waals surface area contributed by atoms with Crippen molar-refractivity contribution in [2.24, 2.45) is 0 Å². The Labute approximate surface area is 175 Å². The van der Waals surface area contributed by atoms with E-state index in [9.17, 15) is 18.0 Å². The molecule has 4 rings (SSSR count). The second-order valence-corrected chi connectivity index (χ2v) is 8.47. The highest BCUT2D eigenvalue weighted by atomic mass is 32.2. The predicted molar refractivity (Wildman–Crippen MR) is 108 cm³/mol. The first-order valence-electron chi connectivity index (χ1n) is 9.52. The number of anilines is 1. The molecule has 0 radical (unpaired) electrons. The summed E-state index contributed by atoms with van der Waals surface area (Å²) in [5, 5.41) is 10.8. The Morgan fingerprint density at radius 2 is 1.87 bits per heavy atom. The second-order valence-electron chi connectivity index (χ2n) is 7.16. The lowest BCUT2D eigenvalue weighted by Gasteiger charge is -2.14. The molecule has 1 aromatic heterocycles. The zero-order valence-corrected chi connectivity index (χ0v) is 16.9. The highest BCUT2D eigenvalue weighted by molar-refractivity contribution is 8.00. The zero-order chi connectivity index (χ0) is 21.3. The predicted octanol–water partition coefficient (Wildman–Crippen LogP) is 4.74. The number of aromatic nitrogens is 3. The van der Waals surface area contributed by atoms with E-state index in [1.807, 2.05) is 34.9 Å². The van der Waals surface area contributed by atoms with Crippen molar-refractivity contribution < 1.29 is 18.0 Å². The molecular weight excluding hydrogens is 413 g/mol. The first-order valence-corrected chi connectivity index (χ1v) is 10.4. The van der Waals surface area contributed by atoms with Crippen LogP contribution in [0.2, 0.25) is 0 Å². The smallest absolute Gasteiger partial charge is 0.237 e. The molecule has 1 N–H and O–H groups in total. The number of carbonyl (C=O) groups is 1. The second kappa shape index (κ2) is 8.51. The lowest BCUT2D eigenvalue weighted by Crippen LogP contribution is -2.24. The molecule has 1 atom stereocenters. The lowest BCUT2D eigenvalue weighted by molar-refractivity contribution is -0.115. The molecule has 1 aliphatic rings. The van der Waals surface area contributed by atoms with E-state index in [0.29, 0.717) is 17.6 Å². The van der Waals surface area contributed by atoms with Gasteiger partial charge in [-0.15, -0.1) is 10.2 Å². The first kappa shape index (κ1) is 20.5. The number of rotatable bonds is 7. The molecule has 0 saturated heterocycles. The topological polar surface area (TPSA) is 59.8 Å². The van der Waals surface area contributed by atoms with Crippen LogP contribution in [0.3, 0.4) is 0 Å². The first-order chi connectivity index (χ1) is 14.4. The van der Waals surface area contributed by atoms with E-state index in [2.05, 4.69) is 15.5 Å². The molecule has 1 amide bonds. The van der Waals surface area contributed by atoms with Gasteiger partial charge in [0, 0.05) is 5.92 Å². The number of hydrogen-bond donors (Lipinski definition) is 1. The fraction of sp³-hybridized carbons (Fsp3) is 0.286. The van der Waals surface area contributed by atoms with E-state index in [-0.39, 0.29) is 0 Å². The van der Waals surface area contributed by atoms with Gasteiger partial charge in [0.15, 0.2) is 22.6 Å². The Bertz CT molecular complexity index is 1070. The monoisotopic (exact) mass is 432 g/mol. The van der Waals surface area contributed by atoms with E-state index in [1.54, 1.807) is 6.92 Å². The third-order valence-electron chi connectivity index (χ3n) is 4.82. The largest absolute Gasteiger partial charge is 0.323 e. The number of halogens is 3. The Kier molecular flexibility index (Phi) is 5.80. The normalized spacial score (nSPS) is 14.5. The SMILES string of the molecule is CC(Sc1nnc(C2CC2)n1Cc1ccccc1)C(=O)Nc1ccc(F)c(F)c1F. The van der Waals surface area contributed by atoms with Crippen molar-refractivity contribution >= 4 is 23.4 Å². The van der Waals surface area contributed by atoms with Gasteiger partial charge in [0.1, 0.15) is 5.82 Å². The van der Waals surface area contributed by atoms with Gasteiger partial charge >= 0.3 is 0 Å². The maximum atomic E-state index is 13.9. The molecule has 0 aliphatic heterocycles. The lowest BCUT2D eigenvalue weighted by atomic mass is 10.2. The van der Waals surface area contributed by atoms with Crippen LogP contribution in [-0.4, -0.2) is 25.9 Å². The van der Waals surface area contributed by atoms with Crippen molar-refractivity contribution in [2.45, 2.75) is 42.6 Å². The molecule has 3 aromatic rings. The Hall–Kier alpha value is -2.81. The summed E-state index contributed by atoms with van der Waals surface area (Å²) in [4.78, 5) is 12.5. The summed E-state index contributed by atoms with van der Waals surface area (Å²) < 4.78 is 42.4. The van der Waals surface area contributed by atoms with Gasteiger partial charge in [-0.1, -0.05) is 42.1 Å². The van der Waals surface area contributed by atoms with Crippen molar-refractivity contribution in [3.05, 3.63) is 71.3 Å². The van der Waals surface area contributed by atoms with Crippen LogP contribution in [0.15, 0.2) is 47.6 Å². The van der Waals surface area contributed by atoms with Gasteiger partial charge in [-0.25, -0.2) is 13.2 Å². The van der Waals surface area contributed by atoms with E-state index in [1.165, 1.54) is 11.8 Å². The van der Waals surface area contributed by atoms with Crippen LogP contribution >= 0.6 is 11.8 Å². The van der Waals surface area contributed by atoms with E-state index < -0.39 is 34.3 Å². The molecule has 156 valence electrons. The van der Waals surface area contributed by atoms with Crippen LogP contribution in [0.4, 0.5) is 18.9 Å². The number of benzene rings is 2. The average Bonchev–Trinajstić information content (AvgIpc) is 3.52. The molecule has 1 unspecified atom stereocenters. The van der Waals surface area contributed by atoms with Gasteiger partial charge in [0.25, 0.3) is 0 Å². The van der Waals surface area contributed by atoms with Gasteiger partial charge in [-0.3, -0.25) is 4.79 Å². The van der Waals surface area contributed by atoms with Crippen molar-refractivity contribution in [1.82, 2.24) is 14.8 Å². The summed E-state index contributed by atoms with van der Waals surface area (Å²) in [5.41, 5.74) is 0.679. The number of hydrogen-bond acceptors (Lipinski definition) is 4. The van der Waals surface area contributed by atoms with Crippen molar-refractivity contribution in [2.75, 3.05) is 5.32 Å². The minimum Gasteiger partial charge on any atom is -0.323 e. The number of carbonyl (C=O) groups excluding carboxylic acids is 1. The summed E-state index contributed by atoms with van der Waals surface area (Å²) in [5.74, 6) is -3.65. The molecule has 1 heterocycles. The van der Waals surface area contributed by atoms with Gasteiger partial charge in [0.05, 0.1) is 17.5 Å². The molecular formula is C21H19F3N4OS. The maximum Gasteiger partial charge on any atom is 0.237 e. The van der Waals surface area contributed by atoms with E-state index in [0.717, 1.165) is 36.4 Å². The van der Waals surface area contributed by atoms with Crippen LogP contribution in [0.5, 0.6) is 0 Å². The molecule has 1 fully saturated rings. The third-order valence-corrected chi connectivity index (χ3v) is 5.90. The molecule has 1 aliphatic carbocycles. The minimum absolute atomic E-state index is 0.371. The third kappa shape index (κ3) is 4.35. The number of amides is 1. The van der Waals surface area contributed by atoms with Gasteiger partial charge in [-0.2, -0.15) is 0 Å². The summed E-state index contributed by atoms with van der Waals surface area (Å²) in [6.45, 7) is 2.21. The number of thioether (sulfide) groups is 1. The highest BCUT2D eigenvalue weighted by Gasteiger charge is 2.31. The number of nitrogens with one attached hydrogen (secondary N) is 1. The molecule has 30 heavy (non-hydrogen) atoms. The van der Waals surface area contributed by atoms with Crippen molar-refractivity contribution in [1.29, 1.82) is 0 Å². The van der Waals surface area contributed by atoms with E-state index >= 15 is 0 Å². The Morgan fingerprint density at radius 1 is 1.13 bits per heavy atom. The standard InChI is InChI=1S/C21H19F3N4OS/c1-12(20(29)25-16-10-9-15(22)17(23)18(16)24)30-21-27-26-19(14-7-8-14)28(21)11-13-5-3-2-4-6-13/h2-6,9-10,12,14H,7-8,11H2,1H3,(H,25,29). The molecule has 9 heteroatoms. The van der Waals surface area contributed by atoms with Crippen LogP contribution in [0.1, 0.15) is 37.1 Å². The van der Waals surface area contributed by atoms with Crippen LogP contribution in [0, 0.1) is 17.5 Å². The fourth-order valence-corrected chi connectivity index (χ4v) is 3.87. The summed E-state index contributed by atoms with van der Waals surface area (Å²) >= 11 is 1.18. The highest BCUT2D eigenvalue weighted by Crippen LogP contribution is 2.40. The average molecular weight is 432 g/mol. The zero-order valence-electron chi connectivity index (χ0n) is 16.1. The van der Waals surface area contributed by atoms with Gasteiger partial charge in [0.2, 0.25) is 5.91 Å². The fourth-order valence-electron chi connectivity index (χ4n) is 3.01. The van der Waals surface area contributed by atoms with Crippen LogP contribution in [-0.2, 0) is 11.3 Å². The Balaban J connectivity index is 1.51. The molecule has 1 saturated carbocycles. The molecule has 0 bridgehead atoms. The number of nitrogens with zero attached hydrogens (tertiary/aromatic N) is 3. The van der Waals surface area contributed by atoms with Crippen molar-refractivity contribution in [3.63, 3.8) is 0 Å². The quantitative estimate of drug-likeness (QED) is 0.433. The summed E-state index contributed by atoms with van der Waals surface area (Å²) in [7, 11) is 0. The van der Waals surface area contributed by atoms with Crippen LogP contribution in [0.25, 0.3) is 0 Å². The van der Waals surface area contributed by atoms with Crippen LogP contribution < -0.4 is 5.32 Å². The summed E-state index contributed by atoms with van der Waals surface area (Å²) in [6, 6.07) is 11.6. The minimum atomic E-state index is -1.62. The molecule has 2 aromatic carbocycles. The maximum absolute atomic E-state index is 13.9. The molecule has 0 spiro atoms. The van der Waals surface area contributed by atoms with E-state index in [4.69, 9.17) is 0 Å². The van der Waals surface area contributed by atoms with Crippen molar-refractivity contribution in [3.8, 4) is 0 Å². The molecule has 5 nitrogen and oxygen atoms in total. The summed E-state index contributed by atoms with van der Waals surface area (Å²) in [6.07, 6.45) is 2.12. The van der Waals surface area contributed by atoms with Gasteiger partial charge < -0.3 is 9.88 Å². The van der Waals surface area contributed by atoms with Gasteiger partial charge in [-0.05, 0) is 37.5 Å².